The van der Waals surface area contributed by atoms with Crippen LogP contribution >= 0.6 is 0 Å². The SMILES string of the molecule is CCC(c1ccc(F)cc1S(=O)(=O)C(F)(F)F)C(C)O. The fourth-order valence-corrected chi connectivity index (χ4v) is 3.04. The third kappa shape index (κ3) is 3.12. The second-order valence-corrected chi connectivity index (χ2v) is 6.30. The van der Waals surface area contributed by atoms with Crippen LogP contribution in [0.25, 0.3) is 0 Å². The summed E-state index contributed by atoms with van der Waals surface area (Å²) in [5.41, 5.74) is -5.76. The molecule has 0 aliphatic carbocycles. The average molecular weight is 314 g/mol. The Morgan fingerprint density at radius 3 is 2.25 bits per heavy atom. The van der Waals surface area contributed by atoms with Gasteiger partial charge in [-0.3, -0.25) is 0 Å². The molecule has 0 heterocycles. The number of aliphatic hydroxyl groups excluding tert-OH is 1. The van der Waals surface area contributed by atoms with Crippen molar-refractivity contribution in [2.24, 2.45) is 0 Å². The van der Waals surface area contributed by atoms with Gasteiger partial charge in [0.1, 0.15) is 5.82 Å². The Morgan fingerprint density at radius 2 is 1.85 bits per heavy atom. The molecule has 1 aromatic rings. The van der Waals surface area contributed by atoms with Crippen LogP contribution in [0, 0.1) is 5.82 Å². The van der Waals surface area contributed by atoms with Crippen molar-refractivity contribution in [1.82, 2.24) is 0 Å². The van der Waals surface area contributed by atoms with Gasteiger partial charge < -0.3 is 5.11 Å². The van der Waals surface area contributed by atoms with E-state index in [-0.39, 0.29) is 12.0 Å². The van der Waals surface area contributed by atoms with Crippen LogP contribution < -0.4 is 0 Å². The third-order valence-electron chi connectivity index (χ3n) is 2.99. The van der Waals surface area contributed by atoms with Gasteiger partial charge in [0, 0.05) is 5.92 Å². The van der Waals surface area contributed by atoms with Gasteiger partial charge in [-0.1, -0.05) is 13.0 Å². The lowest BCUT2D eigenvalue weighted by Crippen LogP contribution is -2.26. The molecule has 2 unspecified atom stereocenters. The minimum Gasteiger partial charge on any atom is -0.393 e. The second-order valence-electron chi connectivity index (χ2n) is 4.39. The first-order chi connectivity index (χ1) is 9.02. The Hall–Kier alpha value is -1.15. The van der Waals surface area contributed by atoms with Crippen LogP contribution in [0.2, 0.25) is 0 Å². The van der Waals surface area contributed by atoms with Gasteiger partial charge in [-0.2, -0.15) is 13.2 Å². The molecule has 2 atom stereocenters. The molecule has 0 aliphatic rings. The second kappa shape index (κ2) is 5.69. The fourth-order valence-electron chi connectivity index (χ4n) is 1.99. The molecule has 0 spiro atoms. The van der Waals surface area contributed by atoms with Gasteiger partial charge in [0.2, 0.25) is 0 Å². The average Bonchev–Trinajstić information content (AvgIpc) is 2.29. The van der Waals surface area contributed by atoms with Crippen molar-refractivity contribution >= 4 is 9.84 Å². The number of benzene rings is 1. The number of halogens is 4. The summed E-state index contributed by atoms with van der Waals surface area (Å²) >= 11 is 0. The Balaban J connectivity index is 3.58. The topological polar surface area (TPSA) is 54.4 Å². The van der Waals surface area contributed by atoms with Crippen LogP contribution in [0.3, 0.4) is 0 Å². The van der Waals surface area contributed by atoms with Crippen molar-refractivity contribution < 1.29 is 31.1 Å². The van der Waals surface area contributed by atoms with E-state index in [4.69, 9.17) is 0 Å². The van der Waals surface area contributed by atoms with Crippen molar-refractivity contribution in [2.45, 2.75) is 42.7 Å². The normalized spacial score (nSPS) is 15.9. The van der Waals surface area contributed by atoms with Gasteiger partial charge in [0.05, 0.1) is 11.0 Å². The maximum Gasteiger partial charge on any atom is 0.501 e. The van der Waals surface area contributed by atoms with Crippen LogP contribution in [0.4, 0.5) is 17.6 Å². The zero-order valence-electron chi connectivity index (χ0n) is 10.8. The molecule has 0 radical (unpaired) electrons. The number of sulfone groups is 1. The first-order valence-corrected chi connectivity index (χ1v) is 7.29. The summed E-state index contributed by atoms with van der Waals surface area (Å²) in [6.07, 6.45) is -0.850. The third-order valence-corrected chi connectivity index (χ3v) is 4.53. The lowest BCUT2D eigenvalue weighted by molar-refractivity contribution is -0.0437. The highest BCUT2D eigenvalue weighted by Gasteiger charge is 2.48. The first kappa shape index (κ1) is 16.9. The van der Waals surface area contributed by atoms with E-state index in [1.165, 1.54) is 6.92 Å². The molecule has 0 bridgehead atoms. The summed E-state index contributed by atoms with van der Waals surface area (Å²) in [5, 5.41) is 9.56. The van der Waals surface area contributed by atoms with Crippen LogP contribution in [0.1, 0.15) is 31.7 Å². The van der Waals surface area contributed by atoms with Gasteiger partial charge in [0.15, 0.2) is 0 Å². The lowest BCUT2D eigenvalue weighted by Gasteiger charge is -2.22. The molecule has 114 valence electrons. The van der Waals surface area contributed by atoms with Gasteiger partial charge in [0.25, 0.3) is 9.84 Å². The minimum absolute atomic E-state index is 0.212. The fraction of sp³-hybridized carbons (Fsp3) is 0.500. The zero-order valence-corrected chi connectivity index (χ0v) is 11.6. The first-order valence-electron chi connectivity index (χ1n) is 5.81. The van der Waals surface area contributed by atoms with Gasteiger partial charge in [-0.15, -0.1) is 0 Å². The van der Waals surface area contributed by atoms with Gasteiger partial charge in [-0.25, -0.2) is 12.8 Å². The molecule has 0 amide bonds. The monoisotopic (exact) mass is 314 g/mol. The Kier molecular flexibility index (Phi) is 4.81. The molecule has 1 aromatic carbocycles. The standard InChI is InChI=1S/C12H14F4O3S/c1-3-9(7(2)17)10-5-4-8(13)6-11(10)20(18,19)12(14,15)16/h4-7,9,17H,3H2,1-2H3. The predicted molar refractivity (Wildman–Crippen MR) is 64.4 cm³/mol. The summed E-state index contributed by atoms with van der Waals surface area (Å²) in [6, 6.07) is 2.17. The largest absolute Gasteiger partial charge is 0.501 e. The summed E-state index contributed by atoms with van der Waals surface area (Å²) in [7, 11) is -5.67. The number of hydrogen-bond acceptors (Lipinski definition) is 3. The molecular formula is C12H14F4O3S. The van der Waals surface area contributed by atoms with E-state index in [0.29, 0.717) is 6.07 Å². The van der Waals surface area contributed by atoms with E-state index in [9.17, 15) is 31.1 Å². The van der Waals surface area contributed by atoms with E-state index >= 15 is 0 Å². The minimum atomic E-state index is -5.67. The van der Waals surface area contributed by atoms with Gasteiger partial charge in [-0.05, 0) is 31.0 Å². The van der Waals surface area contributed by atoms with E-state index < -0.39 is 38.1 Å². The van der Waals surface area contributed by atoms with E-state index in [1.54, 1.807) is 6.92 Å². The number of alkyl halides is 3. The van der Waals surface area contributed by atoms with Crippen LogP contribution in [-0.2, 0) is 9.84 Å². The van der Waals surface area contributed by atoms with Crippen LogP contribution in [0.15, 0.2) is 23.1 Å². The van der Waals surface area contributed by atoms with Crippen LogP contribution in [0.5, 0.6) is 0 Å². The number of aliphatic hydroxyl groups is 1. The highest BCUT2D eigenvalue weighted by molar-refractivity contribution is 7.92. The Bertz CT molecular complexity index is 579. The molecular weight excluding hydrogens is 300 g/mol. The predicted octanol–water partition coefficient (Wildman–Crippen LogP) is 2.99. The van der Waals surface area contributed by atoms with E-state index in [1.807, 2.05) is 0 Å². The zero-order chi connectivity index (χ0) is 15.7. The molecule has 0 fully saturated rings. The Morgan fingerprint density at radius 1 is 1.30 bits per heavy atom. The van der Waals surface area contributed by atoms with Crippen molar-refractivity contribution in [3.05, 3.63) is 29.6 Å². The molecule has 3 nitrogen and oxygen atoms in total. The molecule has 20 heavy (non-hydrogen) atoms. The summed E-state index contributed by atoms with van der Waals surface area (Å²) in [4.78, 5) is -1.14. The molecule has 0 aliphatic heterocycles. The molecule has 0 saturated heterocycles. The summed E-state index contributed by atoms with van der Waals surface area (Å²) in [5.74, 6) is -1.92. The van der Waals surface area contributed by atoms with Crippen molar-refractivity contribution in [1.29, 1.82) is 0 Å². The summed E-state index contributed by atoms with van der Waals surface area (Å²) in [6.45, 7) is 2.92. The molecule has 0 aromatic heterocycles. The van der Waals surface area contributed by atoms with Crippen molar-refractivity contribution in [3.63, 3.8) is 0 Å². The number of rotatable bonds is 4. The highest BCUT2D eigenvalue weighted by atomic mass is 32.2. The maximum absolute atomic E-state index is 13.1. The van der Waals surface area contributed by atoms with Crippen LogP contribution in [-0.4, -0.2) is 25.1 Å². The van der Waals surface area contributed by atoms with E-state index in [2.05, 4.69) is 0 Å². The van der Waals surface area contributed by atoms with Gasteiger partial charge >= 0.3 is 5.51 Å². The Labute approximate surface area is 114 Å². The molecule has 8 heteroatoms. The lowest BCUT2D eigenvalue weighted by atomic mass is 9.92. The number of hydrogen-bond donors (Lipinski definition) is 1. The summed E-state index contributed by atoms with van der Waals surface area (Å²) < 4.78 is 74.0. The molecule has 0 saturated carbocycles. The van der Waals surface area contributed by atoms with Crippen molar-refractivity contribution in [3.8, 4) is 0 Å². The molecule has 1 N–H and O–H groups in total. The molecule has 1 rings (SSSR count). The highest BCUT2D eigenvalue weighted by Crippen LogP contribution is 2.37. The maximum atomic E-state index is 13.1. The smallest absolute Gasteiger partial charge is 0.393 e. The quantitative estimate of drug-likeness (QED) is 0.869. The van der Waals surface area contributed by atoms with E-state index in [0.717, 1.165) is 12.1 Å². The van der Waals surface area contributed by atoms with Crippen molar-refractivity contribution in [2.75, 3.05) is 0 Å².